The Hall–Kier alpha value is -3.19. The molecule has 0 unspecified atom stereocenters. The summed E-state index contributed by atoms with van der Waals surface area (Å²) >= 11 is 0. The standard InChI is InChI=1S/C24H30N2O5/c1-28-19-8-6-18(7-9-19)20(24(27)26-12-5-10-25-11-13-26)14-17-15-21(29-2)23(31-4)22(16-17)30-3/h6-9,14-16,25H,5,10-13H2,1-4H3/b20-14+. The number of hydrogen-bond donors (Lipinski definition) is 1. The summed E-state index contributed by atoms with van der Waals surface area (Å²) in [4.78, 5) is 15.5. The smallest absolute Gasteiger partial charge is 0.254 e. The number of ether oxygens (including phenoxy) is 4. The number of nitrogens with zero attached hydrogens (tertiary/aromatic N) is 1. The molecule has 0 atom stereocenters. The molecule has 1 aliphatic rings. The van der Waals surface area contributed by atoms with Crippen molar-refractivity contribution in [3.05, 3.63) is 47.5 Å². The van der Waals surface area contributed by atoms with Gasteiger partial charge in [-0.3, -0.25) is 4.79 Å². The Morgan fingerprint density at radius 3 is 2.16 bits per heavy atom. The van der Waals surface area contributed by atoms with Crippen molar-refractivity contribution >= 4 is 17.6 Å². The Morgan fingerprint density at radius 1 is 0.903 bits per heavy atom. The SMILES string of the molecule is COc1ccc(/C(=C\c2cc(OC)c(OC)c(OC)c2)C(=O)N2CCCNCC2)cc1. The molecule has 0 aromatic heterocycles. The van der Waals surface area contributed by atoms with Gasteiger partial charge in [0.2, 0.25) is 5.75 Å². The van der Waals surface area contributed by atoms with Crippen molar-refractivity contribution in [1.82, 2.24) is 10.2 Å². The van der Waals surface area contributed by atoms with Gasteiger partial charge in [-0.25, -0.2) is 0 Å². The molecule has 0 radical (unpaired) electrons. The molecule has 1 N–H and O–H groups in total. The lowest BCUT2D eigenvalue weighted by atomic mass is 10.0. The van der Waals surface area contributed by atoms with Crippen LogP contribution in [-0.2, 0) is 4.79 Å². The minimum Gasteiger partial charge on any atom is -0.497 e. The fourth-order valence-electron chi connectivity index (χ4n) is 3.61. The molecular weight excluding hydrogens is 396 g/mol. The van der Waals surface area contributed by atoms with E-state index in [0.717, 1.165) is 36.4 Å². The summed E-state index contributed by atoms with van der Waals surface area (Å²) in [5, 5.41) is 3.34. The van der Waals surface area contributed by atoms with Gasteiger partial charge in [-0.15, -0.1) is 0 Å². The van der Waals surface area contributed by atoms with Gasteiger partial charge in [0.25, 0.3) is 5.91 Å². The van der Waals surface area contributed by atoms with Crippen LogP contribution in [0.2, 0.25) is 0 Å². The second-order valence-electron chi connectivity index (χ2n) is 7.14. The average Bonchev–Trinajstić information content (AvgIpc) is 3.11. The van der Waals surface area contributed by atoms with Gasteiger partial charge in [-0.1, -0.05) is 12.1 Å². The molecule has 1 fully saturated rings. The Morgan fingerprint density at radius 2 is 1.58 bits per heavy atom. The summed E-state index contributed by atoms with van der Waals surface area (Å²) in [5.41, 5.74) is 2.19. The van der Waals surface area contributed by atoms with Gasteiger partial charge in [0.15, 0.2) is 11.5 Å². The van der Waals surface area contributed by atoms with E-state index in [2.05, 4.69) is 5.32 Å². The van der Waals surface area contributed by atoms with Crippen LogP contribution in [0.4, 0.5) is 0 Å². The summed E-state index contributed by atoms with van der Waals surface area (Å²) in [6.07, 6.45) is 2.79. The average molecular weight is 427 g/mol. The molecule has 0 bridgehead atoms. The maximum atomic E-state index is 13.6. The van der Waals surface area contributed by atoms with Crippen LogP contribution in [0.15, 0.2) is 36.4 Å². The predicted octanol–water partition coefficient (Wildman–Crippen LogP) is 3.08. The highest BCUT2D eigenvalue weighted by Crippen LogP contribution is 2.39. The van der Waals surface area contributed by atoms with E-state index in [1.807, 2.05) is 47.4 Å². The van der Waals surface area contributed by atoms with E-state index in [-0.39, 0.29) is 5.91 Å². The molecule has 3 rings (SSSR count). The van der Waals surface area contributed by atoms with E-state index >= 15 is 0 Å². The van der Waals surface area contributed by atoms with Crippen LogP contribution in [-0.4, -0.2) is 65.4 Å². The van der Waals surface area contributed by atoms with Crippen LogP contribution in [0.1, 0.15) is 17.5 Å². The van der Waals surface area contributed by atoms with E-state index in [9.17, 15) is 4.79 Å². The highest BCUT2D eigenvalue weighted by Gasteiger charge is 2.22. The van der Waals surface area contributed by atoms with Crippen molar-refractivity contribution in [1.29, 1.82) is 0 Å². The maximum absolute atomic E-state index is 13.6. The largest absolute Gasteiger partial charge is 0.497 e. The third-order valence-electron chi connectivity index (χ3n) is 5.26. The Balaban J connectivity index is 2.08. The molecule has 31 heavy (non-hydrogen) atoms. The number of rotatable bonds is 7. The van der Waals surface area contributed by atoms with Crippen LogP contribution >= 0.6 is 0 Å². The molecule has 2 aromatic rings. The number of methoxy groups -OCH3 is 4. The molecule has 1 saturated heterocycles. The number of carbonyl (C=O) groups excluding carboxylic acids is 1. The van der Waals surface area contributed by atoms with Crippen molar-refractivity contribution in [3.8, 4) is 23.0 Å². The number of nitrogens with one attached hydrogen (secondary N) is 1. The van der Waals surface area contributed by atoms with Gasteiger partial charge in [0.05, 0.1) is 28.4 Å². The van der Waals surface area contributed by atoms with Gasteiger partial charge < -0.3 is 29.2 Å². The number of carbonyl (C=O) groups is 1. The van der Waals surface area contributed by atoms with Gasteiger partial charge >= 0.3 is 0 Å². The maximum Gasteiger partial charge on any atom is 0.254 e. The highest BCUT2D eigenvalue weighted by atomic mass is 16.5. The highest BCUT2D eigenvalue weighted by molar-refractivity contribution is 6.24. The molecule has 0 saturated carbocycles. The lowest BCUT2D eigenvalue weighted by Crippen LogP contribution is -2.34. The molecule has 1 aliphatic heterocycles. The van der Waals surface area contributed by atoms with Crippen molar-refractivity contribution in [2.45, 2.75) is 6.42 Å². The third kappa shape index (κ3) is 5.30. The molecule has 0 spiro atoms. The van der Waals surface area contributed by atoms with E-state index in [4.69, 9.17) is 18.9 Å². The van der Waals surface area contributed by atoms with Crippen LogP contribution in [0.5, 0.6) is 23.0 Å². The summed E-state index contributed by atoms with van der Waals surface area (Å²) in [5.74, 6) is 2.31. The molecular formula is C24H30N2O5. The second-order valence-corrected chi connectivity index (χ2v) is 7.14. The fourth-order valence-corrected chi connectivity index (χ4v) is 3.61. The third-order valence-corrected chi connectivity index (χ3v) is 5.26. The van der Waals surface area contributed by atoms with Crippen LogP contribution < -0.4 is 24.3 Å². The summed E-state index contributed by atoms with van der Waals surface area (Å²) < 4.78 is 21.6. The zero-order valence-corrected chi connectivity index (χ0v) is 18.6. The van der Waals surface area contributed by atoms with E-state index in [0.29, 0.717) is 35.9 Å². The van der Waals surface area contributed by atoms with Gasteiger partial charge in [0, 0.05) is 25.2 Å². The number of benzene rings is 2. The molecule has 0 aliphatic carbocycles. The first-order valence-electron chi connectivity index (χ1n) is 10.3. The minimum absolute atomic E-state index is 0.0115. The lowest BCUT2D eigenvalue weighted by Gasteiger charge is -2.22. The zero-order chi connectivity index (χ0) is 22.2. The fraction of sp³-hybridized carbons (Fsp3) is 0.375. The Bertz CT molecular complexity index is 891. The Kier molecular flexibility index (Phi) is 7.78. The summed E-state index contributed by atoms with van der Waals surface area (Å²) in [7, 11) is 6.34. The molecule has 7 nitrogen and oxygen atoms in total. The minimum atomic E-state index is -0.0115. The lowest BCUT2D eigenvalue weighted by molar-refractivity contribution is -0.124. The van der Waals surface area contributed by atoms with E-state index in [1.54, 1.807) is 28.4 Å². The molecule has 1 amide bonds. The first kappa shape index (κ1) is 22.5. The monoisotopic (exact) mass is 426 g/mol. The van der Waals surface area contributed by atoms with Gasteiger partial charge in [0.1, 0.15) is 5.75 Å². The van der Waals surface area contributed by atoms with Crippen molar-refractivity contribution < 1.29 is 23.7 Å². The molecule has 2 aromatic carbocycles. The summed E-state index contributed by atoms with van der Waals surface area (Å²) in [6, 6.07) is 11.2. The number of amides is 1. The quantitative estimate of drug-likeness (QED) is 0.542. The first-order chi connectivity index (χ1) is 15.1. The van der Waals surface area contributed by atoms with Crippen molar-refractivity contribution in [2.75, 3.05) is 54.6 Å². The normalized spacial score (nSPS) is 14.6. The molecule has 1 heterocycles. The molecule has 166 valence electrons. The van der Waals surface area contributed by atoms with Gasteiger partial charge in [-0.2, -0.15) is 0 Å². The van der Waals surface area contributed by atoms with E-state index < -0.39 is 0 Å². The Labute approximate surface area is 183 Å². The van der Waals surface area contributed by atoms with Crippen molar-refractivity contribution in [2.24, 2.45) is 0 Å². The molecule has 7 heteroatoms. The van der Waals surface area contributed by atoms with Crippen LogP contribution in [0.25, 0.3) is 11.6 Å². The van der Waals surface area contributed by atoms with Crippen LogP contribution in [0.3, 0.4) is 0 Å². The topological polar surface area (TPSA) is 69.3 Å². The summed E-state index contributed by atoms with van der Waals surface area (Å²) in [6.45, 7) is 3.08. The second kappa shape index (κ2) is 10.7. The first-order valence-corrected chi connectivity index (χ1v) is 10.3. The van der Waals surface area contributed by atoms with E-state index in [1.165, 1.54) is 0 Å². The predicted molar refractivity (Wildman–Crippen MR) is 121 cm³/mol. The zero-order valence-electron chi connectivity index (χ0n) is 18.6. The van der Waals surface area contributed by atoms with Crippen LogP contribution in [0, 0.1) is 0 Å². The van der Waals surface area contributed by atoms with Crippen molar-refractivity contribution in [3.63, 3.8) is 0 Å². The van der Waals surface area contributed by atoms with Gasteiger partial charge in [-0.05, 0) is 54.4 Å². The number of hydrogen-bond acceptors (Lipinski definition) is 6.